The van der Waals surface area contributed by atoms with Crippen molar-refractivity contribution >= 4 is 0 Å². The zero-order chi connectivity index (χ0) is 12.0. The highest BCUT2D eigenvalue weighted by Crippen LogP contribution is 2.30. The SMILES string of the molecule is CCCCCN1CC(CNC)CCC1(C)C. The van der Waals surface area contributed by atoms with E-state index in [9.17, 15) is 0 Å². The first kappa shape index (κ1) is 14.0. The first-order valence-electron chi connectivity index (χ1n) is 7.00. The molecule has 1 atom stereocenters. The Balaban J connectivity index is 2.41. The van der Waals surface area contributed by atoms with Gasteiger partial charge in [-0.25, -0.2) is 0 Å². The minimum absolute atomic E-state index is 0.429. The number of rotatable bonds is 6. The van der Waals surface area contributed by atoms with E-state index in [0.29, 0.717) is 5.54 Å². The number of unbranched alkanes of at least 4 members (excludes halogenated alkanes) is 2. The molecule has 2 nitrogen and oxygen atoms in total. The van der Waals surface area contributed by atoms with E-state index in [1.165, 1.54) is 51.7 Å². The smallest absolute Gasteiger partial charge is 0.0153 e. The van der Waals surface area contributed by atoms with Crippen molar-refractivity contribution < 1.29 is 0 Å². The monoisotopic (exact) mass is 226 g/mol. The summed E-state index contributed by atoms with van der Waals surface area (Å²) >= 11 is 0. The van der Waals surface area contributed by atoms with Gasteiger partial charge in [0.25, 0.3) is 0 Å². The van der Waals surface area contributed by atoms with Crippen LogP contribution in [0, 0.1) is 5.92 Å². The Morgan fingerprint density at radius 1 is 1.31 bits per heavy atom. The fourth-order valence-corrected chi connectivity index (χ4v) is 2.77. The van der Waals surface area contributed by atoms with Crippen molar-refractivity contribution in [2.24, 2.45) is 5.92 Å². The molecule has 0 aromatic rings. The van der Waals surface area contributed by atoms with Crippen LogP contribution in [-0.4, -0.2) is 37.1 Å². The molecular weight excluding hydrogens is 196 g/mol. The standard InChI is InChI=1S/C14H30N2/c1-5-6-7-10-16-12-13(11-15-4)8-9-14(16,2)3/h13,15H,5-12H2,1-4H3. The molecule has 1 aliphatic rings. The summed E-state index contributed by atoms with van der Waals surface area (Å²) in [6.07, 6.45) is 6.81. The van der Waals surface area contributed by atoms with Crippen LogP contribution in [0.2, 0.25) is 0 Å². The quantitative estimate of drug-likeness (QED) is 0.701. The molecule has 1 unspecified atom stereocenters. The van der Waals surface area contributed by atoms with Gasteiger partial charge in [0.05, 0.1) is 0 Å². The number of nitrogens with one attached hydrogen (secondary N) is 1. The molecule has 1 N–H and O–H groups in total. The Bertz CT molecular complexity index is 189. The Morgan fingerprint density at radius 3 is 2.69 bits per heavy atom. The zero-order valence-electron chi connectivity index (χ0n) is 11.7. The molecule has 16 heavy (non-hydrogen) atoms. The van der Waals surface area contributed by atoms with Crippen molar-refractivity contribution in [2.45, 2.75) is 58.4 Å². The minimum Gasteiger partial charge on any atom is -0.319 e. The van der Waals surface area contributed by atoms with Crippen molar-refractivity contribution in [3.8, 4) is 0 Å². The maximum Gasteiger partial charge on any atom is 0.0153 e. The van der Waals surface area contributed by atoms with Crippen LogP contribution >= 0.6 is 0 Å². The van der Waals surface area contributed by atoms with Crippen molar-refractivity contribution in [2.75, 3.05) is 26.7 Å². The molecule has 0 amide bonds. The summed E-state index contributed by atoms with van der Waals surface area (Å²) in [6, 6.07) is 0. The van der Waals surface area contributed by atoms with Gasteiger partial charge in [-0.05, 0) is 59.2 Å². The number of hydrogen-bond acceptors (Lipinski definition) is 2. The van der Waals surface area contributed by atoms with Crippen LogP contribution in [0.1, 0.15) is 52.9 Å². The predicted molar refractivity (Wildman–Crippen MR) is 71.8 cm³/mol. The molecule has 96 valence electrons. The van der Waals surface area contributed by atoms with E-state index in [0.717, 1.165) is 5.92 Å². The molecular formula is C14H30N2. The van der Waals surface area contributed by atoms with Crippen LogP contribution in [0.5, 0.6) is 0 Å². The molecule has 0 bridgehead atoms. The summed E-state index contributed by atoms with van der Waals surface area (Å²) in [5.74, 6) is 0.861. The molecule has 1 fully saturated rings. The normalized spacial score (nSPS) is 25.9. The van der Waals surface area contributed by atoms with Gasteiger partial charge in [0.15, 0.2) is 0 Å². The van der Waals surface area contributed by atoms with E-state index >= 15 is 0 Å². The Kier molecular flexibility index (Phi) is 5.77. The van der Waals surface area contributed by atoms with Crippen molar-refractivity contribution in [3.63, 3.8) is 0 Å². The maximum atomic E-state index is 3.33. The number of hydrogen-bond donors (Lipinski definition) is 1. The van der Waals surface area contributed by atoms with Gasteiger partial charge in [-0.1, -0.05) is 19.8 Å². The molecule has 0 saturated carbocycles. The molecule has 0 aromatic heterocycles. The fraction of sp³-hybridized carbons (Fsp3) is 1.00. The highest BCUT2D eigenvalue weighted by molar-refractivity contribution is 4.89. The second kappa shape index (κ2) is 6.61. The lowest BCUT2D eigenvalue weighted by atomic mass is 9.84. The summed E-state index contributed by atoms with van der Waals surface area (Å²) in [4.78, 5) is 2.72. The summed E-state index contributed by atoms with van der Waals surface area (Å²) in [5.41, 5.74) is 0.429. The lowest BCUT2D eigenvalue weighted by Crippen LogP contribution is -2.52. The number of nitrogens with zero attached hydrogens (tertiary/aromatic N) is 1. The lowest BCUT2D eigenvalue weighted by Gasteiger charge is -2.46. The van der Waals surface area contributed by atoms with Gasteiger partial charge in [0.1, 0.15) is 0 Å². The molecule has 1 saturated heterocycles. The third-order valence-corrected chi connectivity index (χ3v) is 4.02. The third kappa shape index (κ3) is 4.06. The van der Waals surface area contributed by atoms with E-state index in [2.05, 4.69) is 38.0 Å². The molecule has 0 spiro atoms. The van der Waals surface area contributed by atoms with Gasteiger partial charge in [0, 0.05) is 12.1 Å². The predicted octanol–water partition coefficient (Wildman–Crippen LogP) is 2.89. The molecule has 1 heterocycles. The summed E-state index contributed by atoms with van der Waals surface area (Å²) in [6.45, 7) is 10.9. The molecule has 1 aliphatic heterocycles. The maximum absolute atomic E-state index is 3.33. The van der Waals surface area contributed by atoms with E-state index in [1.54, 1.807) is 0 Å². The Hall–Kier alpha value is -0.0800. The van der Waals surface area contributed by atoms with E-state index in [-0.39, 0.29) is 0 Å². The van der Waals surface area contributed by atoms with Crippen LogP contribution in [0.15, 0.2) is 0 Å². The van der Waals surface area contributed by atoms with E-state index in [4.69, 9.17) is 0 Å². The largest absolute Gasteiger partial charge is 0.319 e. The molecule has 1 rings (SSSR count). The van der Waals surface area contributed by atoms with Gasteiger partial charge in [-0.2, -0.15) is 0 Å². The van der Waals surface area contributed by atoms with Crippen LogP contribution in [-0.2, 0) is 0 Å². The van der Waals surface area contributed by atoms with Crippen molar-refractivity contribution in [1.82, 2.24) is 10.2 Å². The fourth-order valence-electron chi connectivity index (χ4n) is 2.77. The highest BCUT2D eigenvalue weighted by Gasteiger charge is 2.33. The molecule has 0 aromatic carbocycles. The van der Waals surface area contributed by atoms with Crippen LogP contribution in [0.25, 0.3) is 0 Å². The second-order valence-corrected chi connectivity index (χ2v) is 5.93. The van der Waals surface area contributed by atoms with Crippen molar-refractivity contribution in [1.29, 1.82) is 0 Å². The third-order valence-electron chi connectivity index (χ3n) is 4.02. The highest BCUT2D eigenvalue weighted by atomic mass is 15.2. The molecule has 2 heteroatoms. The molecule has 0 aliphatic carbocycles. The number of likely N-dealkylation sites (tertiary alicyclic amines) is 1. The van der Waals surface area contributed by atoms with E-state index in [1.807, 2.05) is 0 Å². The first-order valence-corrected chi connectivity index (χ1v) is 7.00. The molecule has 0 radical (unpaired) electrons. The number of piperidine rings is 1. The van der Waals surface area contributed by atoms with Gasteiger partial charge in [-0.3, -0.25) is 4.90 Å². The van der Waals surface area contributed by atoms with Gasteiger partial charge >= 0.3 is 0 Å². The van der Waals surface area contributed by atoms with Gasteiger partial charge < -0.3 is 5.32 Å². The minimum atomic E-state index is 0.429. The summed E-state index contributed by atoms with van der Waals surface area (Å²) < 4.78 is 0. The Labute approximate surface area is 102 Å². The van der Waals surface area contributed by atoms with Crippen molar-refractivity contribution in [3.05, 3.63) is 0 Å². The van der Waals surface area contributed by atoms with Crippen LogP contribution < -0.4 is 5.32 Å². The van der Waals surface area contributed by atoms with Gasteiger partial charge in [-0.15, -0.1) is 0 Å². The summed E-state index contributed by atoms with van der Waals surface area (Å²) in [7, 11) is 2.07. The first-order chi connectivity index (χ1) is 7.60. The second-order valence-electron chi connectivity index (χ2n) is 5.93. The lowest BCUT2D eigenvalue weighted by molar-refractivity contribution is 0.0443. The average molecular weight is 226 g/mol. The zero-order valence-corrected chi connectivity index (χ0v) is 11.7. The Morgan fingerprint density at radius 2 is 2.06 bits per heavy atom. The topological polar surface area (TPSA) is 15.3 Å². The summed E-state index contributed by atoms with van der Waals surface area (Å²) in [5, 5.41) is 3.33. The van der Waals surface area contributed by atoms with Gasteiger partial charge in [0.2, 0.25) is 0 Å². The van der Waals surface area contributed by atoms with Crippen LogP contribution in [0.3, 0.4) is 0 Å². The van der Waals surface area contributed by atoms with E-state index < -0.39 is 0 Å². The average Bonchev–Trinajstić information content (AvgIpc) is 2.23. The van der Waals surface area contributed by atoms with Crippen LogP contribution in [0.4, 0.5) is 0 Å².